The monoisotopic (exact) mass is 232 g/mol. The number of para-hydroxylation sites is 1. The minimum Gasteiger partial charge on any atom is -0.444 e. The molecule has 2 fully saturated rings. The normalized spacial score (nSPS) is 32.2. The highest BCUT2D eigenvalue weighted by molar-refractivity contribution is 5.90. The quantitative estimate of drug-likeness (QED) is 0.804. The van der Waals surface area contributed by atoms with Gasteiger partial charge in [0.05, 0.1) is 6.04 Å². The number of nitrogens with zero attached hydrogens (tertiary/aromatic N) is 1. The van der Waals surface area contributed by atoms with Crippen molar-refractivity contribution in [3.8, 4) is 0 Å². The molecule has 0 bridgehead atoms. The number of nitrogens with two attached hydrogens (primary N) is 1. The second kappa shape index (κ2) is 4.04. The summed E-state index contributed by atoms with van der Waals surface area (Å²) in [5.41, 5.74) is 6.88. The third-order valence-electron chi connectivity index (χ3n) is 3.61. The van der Waals surface area contributed by atoms with Gasteiger partial charge in [-0.25, -0.2) is 4.79 Å². The molecule has 1 aromatic carbocycles. The first-order chi connectivity index (χ1) is 8.25. The third-order valence-corrected chi connectivity index (χ3v) is 3.61. The number of carbonyl (C=O) groups is 1. The van der Waals surface area contributed by atoms with Gasteiger partial charge >= 0.3 is 6.09 Å². The molecule has 1 aromatic rings. The summed E-state index contributed by atoms with van der Waals surface area (Å²) in [6, 6.07) is 9.95. The largest absolute Gasteiger partial charge is 0.444 e. The van der Waals surface area contributed by atoms with Gasteiger partial charge in [0.25, 0.3) is 0 Å². The smallest absolute Gasteiger partial charge is 0.415 e. The summed E-state index contributed by atoms with van der Waals surface area (Å²) >= 11 is 0. The van der Waals surface area contributed by atoms with E-state index in [-0.39, 0.29) is 24.3 Å². The number of amides is 1. The summed E-state index contributed by atoms with van der Waals surface area (Å²) in [6.07, 6.45) is 2.42. The molecular weight excluding hydrogens is 216 g/mol. The predicted molar refractivity (Wildman–Crippen MR) is 64.8 cm³/mol. The maximum atomic E-state index is 11.9. The highest BCUT2D eigenvalue weighted by Gasteiger charge is 2.45. The molecule has 1 heterocycles. The molecule has 90 valence electrons. The Hall–Kier alpha value is -1.55. The molecule has 3 rings (SSSR count). The van der Waals surface area contributed by atoms with Crippen LogP contribution in [-0.2, 0) is 4.74 Å². The van der Waals surface area contributed by atoms with Crippen molar-refractivity contribution < 1.29 is 9.53 Å². The van der Waals surface area contributed by atoms with Gasteiger partial charge in [-0.15, -0.1) is 0 Å². The van der Waals surface area contributed by atoms with Crippen LogP contribution in [-0.4, -0.2) is 24.3 Å². The summed E-state index contributed by atoms with van der Waals surface area (Å²) in [7, 11) is 0. The number of hydrogen-bond donors (Lipinski definition) is 1. The van der Waals surface area contributed by atoms with E-state index in [1.54, 1.807) is 4.90 Å². The molecule has 0 radical (unpaired) electrons. The average Bonchev–Trinajstić information content (AvgIpc) is 2.65. The van der Waals surface area contributed by atoms with Crippen molar-refractivity contribution in [3.05, 3.63) is 30.3 Å². The number of ether oxygens (including phenoxy) is 1. The predicted octanol–water partition coefficient (Wildman–Crippen LogP) is 1.89. The van der Waals surface area contributed by atoms with Crippen molar-refractivity contribution in [2.75, 3.05) is 4.90 Å². The maximum absolute atomic E-state index is 11.9. The summed E-state index contributed by atoms with van der Waals surface area (Å²) in [5.74, 6) is 0. The first-order valence-corrected chi connectivity index (χ1v) is 6.06. The molecule has 4 heteroatoms. The molecule has 1 amide bonds. The fourth-order valence-electron chi connectivity index (χ4n) is 2.77. The van der Waals surface area contributed by atoms with Gasteiger partial charge in [0, 0.05) is 11.7 Å². The van der Waals surface area contributed by atoms with Crippen LogP contribution in [0.4, 0.5) is 10.5 Å². The highest BCUT2D eigenvalue weighted by atomic mass is 16.6. The van der Waals surface area contributed by atoms with Gasteiger partial charge in [-0.3, -0.25) is 4.90 Å². The third kappa shape index (κ3) is 1.78. The van der Waals surface area contributed by atoms with E-state index in [4.69, 9.17) is 10.5 Å². The Kier molecular flexibility index (Phi) is 2.52. The van der Waals surface area contributed by atoms with E-state index in [9.17, 15) is 4.79 Å². The lowest BCUT2D eigenvalue weighted by atomic mass is 9.88. The van der Waals surface area contributed by atoms with Crippen LogP contribution < -0.4 is 10.6 Å². The van der Waals surface area contributed by atoms with E-state index in [1.165, 1.54) is 0 Å². The van der Waals surface area contributed by atoms with Gasteiger partial charge in [0.2, 0.25) is 0 Å². The summed E-state index contributed by atoms with van der Waals surface area (Å²) in [4.78, 5) is 13.7. The first-order valence-electron chi connectivity index (χ1n) is 6.06. The minimum atomic E-state index is -0.236. The van der Waals surface area contributed by atoms with E-state index in [0.29, 0.717) is 0 Å². The van der Waals surface area contributed by atoms with Crippen molar-refractivity contribution in [3.63, 3.8) is 0 Å². The fourth-order valence-corrected chi connectivity index (χ4v) is 2.77. The second-order valence-corrected chi connectivity index (χ2v) is 4.77. The van der Waals surface area contributed by atoms with Crippen LogP contribution in [0.1, 0.15) is 19.3 Å². The molecule has 1 aliphatic carbocycles. The summed E-state index contributed by atoms with van der Waals surface area (Å²) in [5, 5.41) is 0. The number of fused-ring (bicyclic) bond motifs is 1. The van der Waals surface area contributed by atoms with E-state index >= 15 is 0 Å². The Labute approximate surface area is 100 Å². The number of anilines is 1. The second-order valence-electron chi connectivity index (χ2n) is 4.77. The molecule has 0 aromatic heterocycles. The van der Waals surface area contributed by atoms with Crippen molar-refractivity contribution in [1.82, 2.24) is 0 Å². The number of benzene rings is 1. The molecule has 2 N–H and O–H groups in total. The van der Waals surface area contributed by atoms with Crippen molar-refractivity contribution in [1.29, 1.82) is 0 Å². The fraction of sp³-hybridized carbons (Fsp3) is 0.462. The van der Waals surface area contributed by atoms with Gasteiger partial charge in [-0.05, 0) is 31.4 Å². The minimum absolute atomic E-state index is 0.0162. The number of hydrogen-bond acceptors (Lipinski definition) is 3. The van der Waals surface area contributed by atoms with Gasteiger partial charge in [-0.2, -0.15) is 0 Å². The molecule has 2 aliphatic rings. The Bertz CT molecular complexity index is 421. The molecular formula is C13H16N2O2. The van der Waals surface area contributed by atoms with Gasteiger partial charge in [0.15, 0.2) is 0 Å². The first kappa shape index (κ1) is 10.6. The molecule has 3 unspecified atom stereocenters. The van der Waals surface area contributed by atoms with E-state index in [2.05, 4.69) is 0 Å². The molecule has 3 atom stereocenters. The van der Waals surface area contributed by atoms with Crippen LogP contribution in [0.25, 0.3) is 0 Å². The van der Waals surface area contributed by atoms with Gasteiger partial charge < -0.3 is 10.5 Å². The Morgan fingerprint density at radius 1 is 1.24 bits per heavy atom. The molecule has 17 heavy (non-hydrogen) atoms. The molecule has 1 saturated carbocycles. The zero-order valence-electron chi connectivity index (χ0n) is 9.58. The SMILES string of the molecule is NC1CCC2OC(=O)N(c3ccccc3)C2C1. The lowest BCUT2D eigenvalue weighted by Crippen LogP contribution is -2.45. The number of carbonyl (C=O) groups excluding carboxylic acids is 1. The van der Waals surface area contributed by atoms with Crippen LogP contribution in [0.2, 0.25) is 0 Å². The van der Waals surface area contributed by atoms with E-state index in [0.717, 1.165) is 24.9 Å². The zero-order valence-corrected chi connectivity index (χ0v) is 9.58. The zero-order chi connectivity index (χ0) is 11.8. The Morgan fingerprint density at radius 3 is 2.76 bits per heavy atom. The van der Waals surface area contributed by atoms with Crippen molar-refractivity contribution in [2.45, 2.75) is 37.5 Å². The van der Waals surface area contributed by atoms with Gasteiger partial charge in [0.1, 0.15) is 6.10 Å². The maximum Gasteiger partial charge on any atom is 0.415 e. The molecule has 1 saturated heterocycles. The van der Waals surface area contributed by atoms with Gasteiger partial charge in [-0.1, -0.05) is 18.2 Å². The van der Waals surface area contributed by atoms with Crippen LogP contribution >= 0.6 is 0 Å². The summed E-state index contributed by atoms with van der Waals surface area (Å²) in [6.45, 7) is 0. The summed E-state index contributed by atoms with van der Waals surface area (Å²) < 4.78 is 5.41. The lowest BCUT2D eigenvalue weighted by Gasteiger charge is -2.31. The highest BCUT2D eigenvalue weighted by Crippen LogP contribution is 2.34. The van der Waals surface area contributed by atoms with Crippen LogP contribution in [0.3, 0.4) is 0 Å². The molecule has 4 nitrogen and oxygen atoms in total. The standard InChI is InChI=1S/C13H16N2O2/c14-9-6-7-12-11(8-9)15(13(16)17-12)10-4-2-1-3-5-10/h1-5,9,11-12H,6-8,14H2. The van der Waals surface area contributed by atoms with E-state index in [1.807, 2.05) is 30.3 Å². The topological polar surface area (TPSA) is 55.6 Å². The van der Waals surface area contributed by atoms with Crippen LogP contribution in [0.5, 0.6) is 0 Å². The van der Waals surface area contributed by atoms with Crippen molar-refractivity contribution >= 4 is 11.8 Å². The average molecular weight is 232 g/mol. The molecule has 0 spiro atoms. The number of rotatable bonds is 1. The van der Waals surface area contributed by atoms with E-state index < -0.39 is 0 Å². The Balaban J connectivity index is 1.91. The van der Waals surface area contributed by atoms with Crippen LogP contribution in [0, 0.1) is 0 Å². The Morgan fingerprint density at radius 2 is 2.00 bits per heavy atom. The lowest BCUT2D eigenvalue weighted by molar-refractivity contribution is 0.109. The van der Waals surface area contributed by atoms with Crippen molar-refractivity contribution in [2.24, 2.45) is 5.73 Å². The van der Waals surface area contributed by atoms with Crippen LogP contribution in [0.15, 0.2) is 30.3 Å². The molecule has 1 aliphatic heterocycles.